The predicted molar refractivity (Wildman–Crippen MR) is 64.4 cm³/mol. The normalized spacial score (nSPS) is 10.1. The van der Waals surface area contributed by atoms with Crippen LogP contribution in [0.1, 0.15) is 32.6 Å². The van der Waals surface area contributed by atoms with Crippen LogP contribution in [0.4, 0.5) is 0 Å². The Morgan fingerprint density at radius 2 is 1.93 bits per heavy atom. The van der Waals surface area contributed by atoms with Gasteiger partial charge in [-0.25, -0.2) is 9.97 Å². The van der Waals surface area contributed by atoms with Crippen LogP contribution in [-0.2, 0) is 0 Å². The molecule has 0 spiro atoms. The lowest BCUT2D eigenvalue weighted by Gasteiger charge is -2.02. The maximum Gasteiger partial charge on any atom is 0.316 e. The van der Waals surface area contributed by atoms with E-state index in [2.05, 4.69) is 39.5 Å². The molecule has 1 aromatic rings. The number of hydrogen-bond donors (Lipinski definition) is 0. The van der Waals surface area contributed by atoms with Gasteiger partial charge in [-0.3, -0.25) is 0 Å². The third-order valence-electron chi connectivity index (χ3n) is 1.83. The van der Waals surface area contributed by atoms with Crippen LogP contribution >= 0.6 is 22.6 Å². The van der Waals surface area contributed by atoms with Gasteiger partial charge >= 0.3 is 6.01 Å². The van der Waals surface area contributed by atoms with Crippen molar-refractivity contribution in [3.05, 3.63) is 16.0 Å². The molecule has 1 heterocycles. The zero-order valence-corrected chi connectivity index (χ0v) is 10.5. The van der Waals surface area contributed by atoms with Crippen molar-refractivity contribution in [2.75, 3.05) is 6.61 Å². The fourth-order valence-corrected chi connectivity index (χ4v) is 1.35. The van der Waals surface area contributed by atoms with Crippen LogP contribution in [0, 0.1) is 3.57 Å². The van der Waals surface area contributed by atoms with Gasteiger partial charge in [-0.2, -0.15) is 0 Å². The number of halogens is 1. The van der Waals surface area contributed by atoms with Gasteiger partial charge in [-0.1, -0.05) is 26.2 Å². The average Bonchev–Trinajstić information content (AvgIpc) is 2.21. The summed E-state index contributed by atoms with van der Waals surface area (Å²) < 4.78 is 6.41. The Bertz CT molecular complexity index is 251. The molecule has 4 heteroatoms. The first-order valence-corrected chi connectivity index (χ1v) is 6.01. The highest BCUT2D eigenvalue weighted by Crippen LogP contribution is 2.06. The van der Waals surface area contributed by atoms with Crippen LogP contribution < -0.4 is 4.74 Å². The first kappa shape index (κ1) is 11.7. The molecule has 0 unspecified atom stereocenters. The molecule has 0 radical (unpaired) electrons. The summed E-state index contributed by atoms with van der Waals surface area (Å²) in [4.78, 5) is 8.11. The zero-order chi connectivity index (χ0) is 10.2. The molecule has 1 aromatic heterocycles. The van der Waals surface area contributed by atoms with E-state index in [9.17, 15) is 0 Å². The second-order valence-electron chi connectivity index (χ2n) is 3.09. The van der Waals surface area contributed by atoms with Gasteiger partial charge in [-0.15, -0.1) is 0 Å². The van der Waals surface area contributed by atoms with Crippen molar-refractivity contribution in [1.29, 1.82) is 0 Å². The largest absolute Gasteiger partial charge is 0.463 e. The minimum atomic E-state index is 0.488. The van der Waals surface area contributed by atoms with Gasteiger partial charge in [0.05, 0.1) is 6.61 Å². The number of rotatable bonds is 6. The molecule has 0 fully saturated rings. The molecule has 0 saturated heterocycles. The van der Waals surface area contributed by atoms with E-state index in [0.717, 1.165) is 16.6 Å². The highest BCUT2D eigenvalue weighted by Gasteiger charge is 1.96. The molecule has 14 heavy (non-hydrogen) atoms. The Morgan fingerprint density at radius 1 is 1.21 bits per heavy atom. The molecule has 0 aliphatic heterocycles. The smallest absolute Gasteiger partial charge is 0.316 e. The first-order valence-electron chi connectivity index (χ1n) is 4.93. The predicted octanol–water partition coefficient (Wildman–Crippen LogP) is 3.04. The van der Waals surface area contributed by atoms with Gasteiger partial charge in [0.25, 0.3) is 0 Å². The minimum Gasteiger partial charge on any atom is -0.463 e. The number of aromatic nitrogens is 2. The van der Waals surface area contributed by atoms with E-state index < -0.39 is 0 Å². The van der Waals surface area contributed by atoms with Crippen LogP contribution in [-0.4, -0.2) is 16.6 Å². The topological polar surface area (TPSA) is 35.0 Å². The lowest BCUT2D eigenvalue weighted by Crippen LogP contribution is -2.00. The number of nitrogens with zero attached hydrogens (tertiary/aromatic N) is 2. The third-order valence-corrected chi connectivity index (χ3v) is 2.38. The molecular formula is C10H15IN2O. The fraction of sp³-hybridized carbons (Fsp3) is 0.600. The Kier molecular flexibility index (Phi) is 5.82. The van der Waals surface area contributed by atoms with Gasteiger partial charge in [0.15, 0.2) is 0 Å². The van der Waals surface area contributed by atoms with Crippen molar-refractivity contribution in [3.63, 3.8) is 0 Å². The van der Waals surface area contributed by atoms with Gasteiger partial charge in [0.2, 0.25) is 0 Å². The van der Waals surface area contributed by atoms with Gasteiger partial charge in [0.1, 0.15) is 0 Å². The van der Waals surface area contributed by atoms with E-state index in [1.807, 2.05) is 0 Å². The summed E-state index contributed by atoms with van der Waals surface area (Å²) in [5.41, 5.74) is 0. The van der Waals surface area contributed by atoms with Crippen molar-refractivity contribution < 1.29 is 4.74 Å². The Hall–Kier alpha value is -0.390. The van der Waals surface area contributed by atoms with E-state index in [0.29, 0.717) is 6.01 Å². The lowest BCUT2D eigenvalue weighted by atomic mass is 10.2. The minimum absolute atomic E-state index is 0.488. The van der Waals surface area contributed by atoms with Gasteiger partial charge in [0, 0.05) is 16.0 Å². The second kappa shape index (κ2) is 6.98. The summed E-state index contributed by atoms with van der Waals surface area (Å²) in [6, 6.07) is 0.488. The van der Waals surface area contributed by atoms with Crippen molar-refractivity contribution in [2.24, 2.45) is 0 Å². The molecular weight excluding hydrogens is 291 g/mol. The monoisotopic (exact) mass is 306 g/mol. The number of unbranched alkanes of at least 4 members (excludes halogenated alkanes) is 3. The fourth-order valence-electron chi connectivity index (χ4n) is 1.07. The van der Waals surface area contributed by atoms with E-state index in [4.69, 9.17) is 4.74 Å². The summed E-state index contributed by atoms with van der Waals surface area (Å²) in [6.07, 6.45) is 8.35. The maximum atomic E-state index is 5.38. The quantitative estimate of drug-likeness (QED) is 0.598. The lowest BCUT2D eigenvalue weighted by molar-refractivity contribution is 0.281. The Morgan fingerprint density at radius 3 is 2.57 bits per heavy atom. The van der Waals surface area contributed by atoms with Gasteiger partial charge < -0.3 is 4.74 Å². The molecule has 0 amide bonds. The Labute approximate surface area is 98.4 Å². The van der Waals surface area contributed by atoms with Crippen molar-refractivity contribution >= 4 is 22.6 Å². The van der Waals surface area contributed by atoms with Crippen LogP contribution in [0.5, 0.6) is 6.01 Å². The second-order valence-corrected chi connectivity index (χ2v) is 4.34. The summed E-state index contributed by atoms with van der Waals surface area (Å²) in [6.45, 7) is 2.92. The van der Waals surface area contributed by atoms with E-state index >= 15 is 0 Å². The van der Waals surface area contributed by atoms with E-state index in [1.54, 1.807) is 12.4 Å². The molecule has 0 aromatic carbocycles. The summed E-state index contributed by atoms with van der Waals surface area (Å²) in [7, 11) is 0. The van der Waals surface area contributed by atoms with Crippen molar-refractivity contribution in [1.82, 2.24) is 9.97 Å². The number of hydrogen-bond acceptors (Lipinski definition) is 3. The third kappa shape index (κ3) is 4.74. The maximum absolute atomic E-state index is 5.38. The summed E-state index contributed by atoms with van der Waals surface area (Å²) in [5.74, 6) is 0. The Balaban J connectivity index is 2.15. The molecule has 3 nitrogen and oxygen atoms in total. The molecule has 0 N–H and O–H groups in total. The molecule has 0 saturated carbocycles. The SMILES string of the molecule is CCCCCCOc1ncc(I)cn1. The molecule has 1 rings (SSSR count). The average molecular weight is 306 g/mol. The summed E-state index contributed by atoms with van der Waals surface area (Å²) >= 11 is 2.17. The van der Waals surface area contributed by atoms with Crippen molar-refractivity contribution in [3.8, 4) is 6.01 Å². The van der Waals surface area contributed by atoms with Crippen LogP contribution in [0.15, 0.2) is 12.4 Å². The highest BCUT2D eigenvalue weighted by atomic mass is 127. The highest BCUT2D eigenvalue weighted by molar-refractivity contribution is 14.1. The molecule has 78 valence electrons. The van der Waals surface area contributed by atoms with E-state index in [-0.39, 0.29) is 0 Å². The van der Waals surface area contributed by atoms with Gasteiger partial charge in [-0.05, 0) is 29.0 Å². The molecule has 0 atom stereocenters. The zero-order valence-electron chi connectivity index (χ0n) is 8.37. The first-order chi connectivity index (χ1) is 6.83. The van der Waals surface area contributed by atoms with Crippen molar-refractivity contribution in [2.45, 2.75) is 32.6 Å². The molecule has 0 bridgehead atoms. The number of ether oxygens (including phenoxy) is 1. The molecule has 0 aliphatic rings. The standard InChI is InChI=1S/C10H15IN2O/c1-2-3-4-5-6-14-10-12-7-9(11)8-13-10/h7-8H,2-6H2,1H3. The van der Waals surface area contributed by atoms with E-state index in [1.165, 1.54) is 19.3 Å². The van der Waals surface area contributed by atoms with Crippen LogP contribution in [0.2, 0.25) is 0 Å². The summed E-state index contributed by atoms with van der Waals surface area (Å²) in [5, 5.41) is 0. The van der Waals surface area contributed by atoms with Crippen LogP contribution in [0.3, 0.4) is 0 Å². The van der Waals surface area contributed by atoms with Crippen LogP contribution in [0.25, 0.3) is 0 Å². The molecule has 0 aliphatic carbocycles.